The molecule has 0 bridgehead atoms. The van der Waals surface area contributed by atoms with E-state index < -0.39 is 0 Å². The Bertz CT molecular complexity index is 921. The van der Waals surface area contributed by atoms with Crippen LogP contribution in [0.5, 0.6) is 0 Å². The van der Waals surface area contributed by atoms with E-state index in [1.165, 1.54) is 12.1 Å². The van der Waals surface area contributed by atoms with Gasteiger partial charge in [-0.15, -0.1) is 0 Å². The zero-order chi connectivity index (χ0) is 18.1. The van der Waals surface area contributed by atoms with E-state index in [1.807, 2.05) is 43.3 Å². The van der Waals surface area contributed by atoms with Crippen molar-refractivity contribution in [2.24, 2.45) is 0 Å². The molecule has 2 aromatic carbocycles. The maximum atomic E-state index is 13.2. The number of anilines is 2. The Hall–Kier alpha value is -3.15. The SMILES string of the molecule is C[C@@H]1CN(c2ccc(F)cc2)C(=O)c2cc(CNc3ccccc3)nn21. The van der Waals surface area contributed by atoms with Crippen molar-refractivity contribution in [2.75, 3.05) is 16.8 Å². The summed E-state index contributed by atoms with van der Waals surface area (Å²) in [5, 5.41) is 7.89. The van der Waals surface area contributed by atoms with Crippen LogP contribution in [0.15, 0.2) is 60.7 Å². The molecule has 0 fully saturated rings. The third kappa shape index (κ3) is 3.06. The molecule has 1 aromatic heterocycles. The summed E-state index contributed by atoms with van der Waals surface area (Å²) >= 11 is 0. The van der Waals surface area contributed by atoms with Crippen LogP contribution < -0.4 is 10.2 Å². The molecule has 3 aromatic rings. The van der Waals surface area contributed by atoms with E-state index in [4.69, 9.17) is 0 Å². The fraction of sp³-hybridized carbons (Fsp3) is 0.200. The predicted molar refractivity (Wildman–Crippen MR) is 98.8 cm³/mol. The maximum absolute atomic E-state index is 13.2. The Balaban J connectivity index is 1.56. The summed E-state index contributed by atoms with van der Waals surface area (Å²) in [6, 6.07) is 17.7. The highest BCUT2D eigenvalue weighted by atomic mass is 19.1. The predicted octanol–water partition coefficient (Wildman–Crippen LogP) is 3.86. The minimum atomic E-state index is -0.314. The highest BCUT2D eigenvalue weighted by Crippen LogP contribution is 2.27. The molecule has 26 heavy (non-hydrogen) atoms. The number of aromatic nitrogens is 2. The summed E-state index contributed by atoms with van der Waals surface area (Å²) in [6.07, 6.45) is 0. The lowest BCUT2D eigenvalue weighted by Crippen LogP contribution is -2.42. The molecule has 132 valence electrons. The van der Waals surface area contributed by atoms with Crippen LogP contribution in [0.25, 0.3) is 0 Å². The van der Waals surface area contributed by atoms with E-state index in [-0.39, 0.29) is 17.8 Å². The van der Waals surface area contributed by atoms with Crippen molar-refractivity contribution in [1.82, 2.24) is 9.78 Å². The first-order chi connectivity index (χ1) is 12.6. The van der Waals surface area contributed by atoms with Crippen LogP contribution in [0, 0.1) is 5.82 Å². The van der Waals surface area contributed by atoms with Gasteiger partial charge in [0.1, 0.15) is 11.5 Å². The first-order valence-corrected chi connectivity index (χ1v) is 8.56. The highest BCUT2D eigenvalue weighted by Gasteiger charge is 2.31. The number of hydrogen-bond acceptors (Lipinski definition) is 3. The number of para-hydroxylation sites is 1. The van der Waals surface area contributed by atoms with Gasteiger partial charge in [-0.3, -0.25) is 9.48 Å². The molecule has 4 rings (SSSR count). The zero-order valence-electron chi connectivity index (χ0n) is 14.4. The van der Waals surface area contributed by atoms with Gasteiger partial charge in [0.05, 0.1) is 18.3 Å². The molecule has 0 radical (unpaired) electrons. The normalized spacial score (nSPS) is 16.5. The Morgan fingerprint density at radius 1 is 1.15 bits per heavy atom. The number of carbonyl (C=O) groups excluding carboxylic acids is 1. The third-order valence-corrected chi connectivity index (χ3v) is 4.50. The highest BCUT2D eigenvalue weighted by molar-refractivity contribution is 6.05. The van der Waals surface area contributed by atoms with Gasteiger partial charge in [-0.2, -0.15) is 5.10 Å². The zero-order valence-corrected chi connectivity index (χ0v) is 14.4. The summed E-state index contributed by atoms with van der Waals surface area (Å²) in [4.78, 5) is 14.6. The summed E-state index contributed by atoms with van der Waals surface area (Å²) < 4.78 is 15.0. The van der Waals surface area contributed by atoms with E-state index >= 15 is 0 Å². The van der Waals surface area contributed by atoms with Crippen molar-refractivity contribution < 1.29 is 9.18 Å². The lowest BCUT2D eigenvalue weighted by Gasteiger charge is -2.31. The van der Waals surface area contributed by atoms with Gasteiger partial charge in [-0.25, -0.2) is 4.39 Å². The fourth-order valence-corrected chi connectivity index (χ4v) is 3.18. The first-order valence-electron chi connectivity index (χ1n) is 8.56. The molecule has 0 saturated heterocycles. The summed E-state index contributed by atoms with van der Waals surface area (Å²) in [6.45, 7) is 3.07. The van der Waals surface area contributed by atoms with Gasteiger partial charge in [0, 0.05) is 17.9 Å². The third-order valence-electron chi connectivity index (χ3n) is 4.50. The van der Waals surface area contributed by atoms with Gasteiger partial charge in [0.15, 0.2) is 0 Å². The number of fused-ring (bicyclic) bond motifs is 1. The monoisotopic (exact) mass is 350 g/mol. The number of rotatable bonds is 4. The van der Waals surface area contributed by atoms with Crippen LogP contribution in [0.4, 0.5) is 15.8 Å². The molecule has 1 amide bonds. The van der Waals surface area contributed by atoms with E-state index in [2.05, 4.69) is 10.4 Å². The Morgan fingerprint density at radius 3 is 2.62 bits per heavy atom. The van der Waals surface area contributed by atoms with Crippen LogP contribution >= 0.6 is 0 Å². The molecule has 6 heteroatoms. The second-order valence-corrected chi connectivity index (χ2v) is 6.43. The number of halogens is 1. The molecule has 1 atom stereocenters. The molecule has 2 heterocycles. The van der Waals surface area contributed by atoms with Crippen molar-refractivity contribution >= 4 is 17.3 Å². The quantitative estimate of drug-likeness (QED) is 0.777. The Labute approximate surface area is 151 Å². The molecule has 0 spiro atoms. The first kappa shape index (κ1) is 16.3. The van der Waals surface area contributed by atoms with Crippen molar-refractivity contribution in [3.05, 3.63) is 77.9 Å². The number of carbonyl (C=O) groups is 1. The molecule has 1 N–H and O–H groups in total. The molecule has 0 saturated carbocycles. The average Bonchev–Trinajstić information content (AvgIpc) is 3.10. The van der Waals surface area contributed by atoms with Crippen LogP contribution in [-0.4, -0.2) is 22.2 Å². The second-order valence-electron chi connectivity index (χ2n) is 6.43. The molecule has 1 aliphatic rings. The lowest BCUT2D eigenvalue weighted by molar-refractivity contribution is 0.0953. The molecular weight excluding hydrogens is 331 g/mol. The fourth-order valence-electron chi connectivity index (χ4n) is 3.18. The minimum Gasteiger partial charge on any atom is -0.379 e. The largest absolute Gasteiger partial charge is 0.379 e. The molecule has 1 aliphatic heterocycles. The maximum Gasteiger partial charge on any atom is 0.276 e. The number of hydrogen-bond donors (Lipinski definition) is 1. The number of amides is 1. The number of nitrogens with zero attached hydrogens (tertiary/aromatic N) is 3. The van der Waals surface area contributed by atoms with Gasteiger partial charge < -0.3 is 10.2 Å². The van der Waals surface area contributed by atoms with Crippen LogP contribution in [0.1, 0.15) is 29.1 Å². The molecule has 0 aliphatic carbocycles. The molecule has 5 nitrogen and oxygen atoms in total. The minimum absolute atomic E-state index is 0.0400. The van der Waals surface area contributed by atoms with Crippen molar-refractivity contribution in [3.63, 3.8) is 0 Å². The topological polar surface area (TPSA) is 50.2 Å². The second kappa shape index (κ2) is 6.63. The van der Waals surface area contributed by atoms with E-state index in [1.54, 1.807) is 21.7 Å². The number of nitrogens with one attached hydrogen (secondary N) is 1. The Kier molecular flexibility index (Phi) is 4.16. The van der Waals surface area contributed by atoms with Crippen molar-refractivity contribution in [1.29, 1.82) is 0 Å². The van der Waals surface area contributed by atoms with Gasteiger partial charge in [0.2, 0.25) is 0 Å². The summed E-state index contributed by atoms with van der Waals surface area (Å²) in [5.41, 5.74) is 3.06. The van der Waals surface area contributed by atoms with Gasteiger partial charge in [-0.05, 0) is 49.4 Å². The summed E-state index contributed by atoms with van der Waals surface area (Å²) in [5.74, 6) is -0.432. The summed E-state index contributed by atoms with van der Waals surface area (Å²) in [7, 11) is 0. The molecular formula is C20H19FN4O. The Morgan fingerprint density at radius 2 is 1.88 bits per heavy atom. The van der Waals surface area contributed by atoms with Gasteiger partial charge >= 0.3 is 0 Å². The standard InChI is InChI=1S/C20H19FN4O/c1-14-13-24(18-9-7-15(21)8-10-18)20(26)19-11-17(23-25(14)19)12-22-16-5-3-2-4-6-16/h2-11,14,22H,12-13H2,1H3/t14-/m1/s1. The van der Waals surface area contributed by atoms with E-state index in [9.17, 15) is 9.18 Å². The van der Waals surface area contributed by atoms with Crippen LogP contribution in [0.2, 0.25) is 0 Å². The number of benzene rings is 2. The van der Waals surface area contributed by atoms with Crippen molar-refractivity contribution in [2.45, 2.75) is 19.5 Å². The molecule has 0 unspecified atom stereocenters. The van der Waals surface area contributed by atoms with Crippen LogP contribution in [-0.2, 0) is 6.54 Å². The average molecular weight is 350 g/mol. The van der Waals surface area contributed by atoms with E-state index in [0.717, 1.165) is 11.4 Å². The van der Waals surface area contributed by atoms with Gasteiger partial charge in [0.25, 0.3) is 5.91 Å². The van der Waals surface area contributed by atoms with Gasteiger partial charge in [-0.1, -0.05) is 18.2 Å². The van der Waals surface area contributed by atoms with Crippen molar-refractivity contribution in [3.8, 4) is 0 Å². The smallest absolute Gasteiger partial charge is 0.276 e. The van der Waals surface area contributed by atoms with Crippen LogP contribution in [0.3, 0.4) is 0 Å². The van der Waals surface area contributed by atoms with E-state index in [0.29, 0.717) is 24.5 Å². The lowest BCUT2D eigenvalue weighted by atomic mass is 10.1.